The number of ether oxygens (including phenoxy) is 2. The van der Waals surface area contributed by atoms with Gasteiger partial charge in [0, 0.05) is 19.7 Å². The van der Waals surface area contributed by atoms with E-state index < -0.39 is 10.0 Å². The van der Waals surface area contributed by atoms with Gasteiger partial charge in [-0.2, -0.15) is 0 Å². The van der Waals surface area contributed by atoms with Crippen molar-refractivity contribution in [3.05, 3.63) is 0 Å². The maximum absolute atomic E-state index is 12.1. The lowest BCUT2D eigenvalue weighted by molar-refractivity contribution is 0.0207. The molecule has 120 valence electrons. The Labute approximate surface area is 122 Å². The smallest absolute Gasteiger partial charge is 0.216 e. The van der Waals surface area contributed by atoms with Gasteiger partial charge in [0.25, 0.3) is 0 Å². The second kappa shape index (κ2) is 8.94. The van der Waals surface area contributed by atoms with Gasteiger partial charge in [-0.3, -0.25) is 0 Å². The molecule has 1 aliphatic heterocycles. The highest BCUT2D eigenvalue weighted by Gasteiger charge is 2.28. The molecular weight excluding hydrogens is 280 g/mol. The summed E-state index contributed by atoms with van der Waals surface area (Å²) in [7, 11) is -3.19. The molecule has 0 amide bonds. The quantitative estimate of drug-likeness (QED) is 0.630. The van der Waals surface area contributed by atoms with Crippen molar-refractivity contribution in [1.29, 1.82) is 0 Å². The number of sulfonamides is 1. The van der Waals surface area contributed by atoms with Gasteiger partial charge in [-0.05, 0) is 39.7 Å². The molecule has 1 fully saturated rings. The Morgan fingerprint density at radius 2 is 1.90 bits per heavy atom. The summed E-state index contributed by atoms with van der Waals surface area (Å²) in [6, 6.07) is 0. The first-order chi connectivity index (χ1) is 9.45. The number of hydrogen-bond acceptors (Lipinski definition) is 5. The van der Waals surface area contributed by atoms with Crippen molar-refractivity contribution in [1.82, 2.24) is 4.31 Å². The Bertz CT molecular complexity index is 351. The van der Waals surface area contributed by atoms with Gasteiger partial charge in [-0.15, -0.1) is 0 Å². The van der Waals surface area contributed by atoms with Gasteiger partial charge in [0.15, 0.2) is 0 Å². The Morgan fingerprint density at radius 3 is 2.45 bits per heavy atom. The van der Waals surface area contributed by atoms with Crippen LogP contribution in [0.15, 0.2) is 0 Å². The van der Waals surface area contributed by atoms with Crippen LogP contribution < -0.4 is 5.73 Å². The Morgan fingerprint density at radius 1 is 1.25 bits per heavy atom. The van der Waals surface area contributed by atoms with E-state index in [-0.39, 0.29) is 24.6 Å². The Balaban J connectivity index is 2.28. The van der Waals surface area contributed by atoms with Gasteiger partial charge in [0.05, 0.1) is 24.6 Å². The molecule has 0 atom stereocenters. The van der Waals surface area contributed by atoms with Crippen LogP contribution in [0.4, 0.5) is 0 Å². The van der Waals surface area contributed by atoms with Crippen molar-refractivity contribution >= 4 is 10.0 Å². The molecule has 0 radical (unpaired) electrons. The molecule has 2 N–H and O–H groups in total. The van der Waals surface area contributed by atoms with Crippen LogP contribution in [0, 0.1) is 0 Å². The molecule has 1 heterocycles. The van der Waals surface area contributed by atoms with Crippen molar-refractivity contribution in [2.45, 2.75) is 45.3 Å². The van der Waals surface area contributed by atoms with E-state index in [9.17, 15) is 8.42 Å². The molecule has 7 heteroatoms. The van der Waals surface area contributed by atoms with Crippen molar-refractivity contribution < 1.29 is 17.9 Å². The third kappa shape index (κ3) is 6.49. The molecule has 0 spiro atoms. The van der Waals surface area contributed by atoms with Crippen LogP contribution >= 0.6 is 0 Å². The van der Waals surface area contributed by atoms with Crippen LogP contribution in [0.1, 0.15) is 33.1 Å². The second-order valence-corrected chi connectivity index (χ2v) is 7.44. The van der Waals surface area contributed by atoms with Gasteiger partial charge in [-0.1, -0.05) is 0 Å². The highest BCUT2D eigenvalue weighted by Crippen LogP contribution is 2.17. The molecular formula is C13H28N2O4S. The van der Waals surface area contributed by atoms with E-state index >= 15 is 0 Å². The topological polar surface area (TPSA) is 81.9 Å². The molecule has 0 aromatic carbocycles. The minimum absolute atomic E-state index is 0.0594. The maximum Gasteiger partial charge on any atom is 0.216 e. The van der Waals surface area contributed by atoms with Crippen LogP contribution in [-0.4, -0.2) is 63.5 Å². The molecule has 0 aliphatic carbocycles. The zero-order valence-electron chi connectivity index (χ0n) is 12.6. The molecule has 0 unspecified atom stereocenters. The SMILES string of the molecule is CC(C)OCCS(=O)(=O)N1CCC(OCCCN)CC1. The van der Waals surface area contributed by atoms with Crippen LogP contribution in [-0.2, 0) is 19.5 Å². The second-order valence-electron chi connectivity index (χ2n) is 5.35. The summed E-state index contributed by atoms with van der Waals surface area (Å²) in [4.78, 5) is 0. The predicted octanol–water partition coefficient (Wildman–Crippen LogP) is 0.571. The number of hydrogen-bond donors (Lipinski definition) is 1. The molecule has 0 saturated carbocycles. The molecule has 6 nitrogen and oxygen atoms in total. The highest BCUT2D eigenvalue weighted by molar-refractivity contribution is 7.89. The van der Waals surface area contributed by atoms with Crippen molar-refractivity contribution in [2.24, 2.45) is 5.73 Å². The molecule has 1 saturated heterocycles. The van der Waals surface area contributed by atoms with Crippen molar-refractivity contribution in [2.75, 3.05) is 38.6 Å². The molecule has 1 rings (SSSR count). The van der Waals surface area contributed by atoms with E-state index in [0.29, 0.717) is 26.2 Å². The number of rotatable bonds is 9. The van der Waals surface area contributed by atoms with E-state index in [1.807, 2.05) is 13.8 Å². The van der Waals surface area contributed by atoms with Crippen LogP contribution in [0.25, 0.3) is 0 Å². The van der Waals surface area contributed by atoms with E-state index in [1.54, 1.807) is 4.31 Å². The van der Waals surface area contributed by atoms with Gasteiger partial charge in [-0.25, -0.2) is 12.7 Å². The molecule has 0 bridgehead atoms. The zero-order valence-corrected chi connectivity index (χ0v) is 13.4. The number of nitrogens with two attached hydrogens (primary N) is 1. The summed E-state index contributed by atoms with van der Waals surface area (Å²) in [5.74, 6) is 0.0594. The molecule has 1 aliphatic rings. The maximum atomic E-state index is 12.1. The highest BCUT2D eigenvalue weighted by atomic mass is 32.2. The summed E-state index contributed by atoms with van der Waals surface area (Å²) in [5, 5.41) is 0. The van der Waals surface area contributed by atoms with Gasteiger partial charge < -0.3 is 15.2 Å². The molecule has 20 heavy (non-hydrogen) atoms. The zero-order chi connectivity index (χ0) is 15.0. The summed E-state index contributed by atoms with van der Waals surface area (Å²) in [6.45, 7) is 6.42. The molecule has 0 aromatic rings. The first-order valence-corrected chi connectivity index (χ1v) is 8.97. The average Bonchev–Trinajstić information content (AvgIpc) is 2.39. The average molecular weight is 308 g/mol. The summed E-state index contributed by atoms with van der Waals surface area (Å²) < 4.78 is 36.8. The predicted molar refractivity (Wildman–Crippen MR) is 79.1 cm³/mol. The lowest BCUT2D eigenvalue weighted by Gasteiger charge is -2.31. The first-order valence-electron chi connectivity index (χ1n) is 7.37. The summed E-state index contributed by atoms with van der Waals surface area (Å²) >= 11 is 0. The van der Waals surface area contributed by atoms with E-state index in [1.165, 1.54) is 0 Å². The normalized spacial score (nSPS) is 18.8. The fourth-order valence-electron chi connectivity index (χ4n) is 2.13. The number of nitrogens with zero attached hydrogens (tertiary/aromatic N) is 1. The van der Waals surface area contributed by atoms with Crippen LogP contribution in [0.5, 0.6) is 0 Å². The molecule has 0 aromatic heterocycles. The Kier molecular flexibility index (Phi) is 7.98. The van der Waals surface area contributed by atoms with E-state index in [4.69, 9.17) is 15.2 Å². The third-order valence-electron chi connectivity index (χ3n) is 3.29. The lowest BCUT2D eigenvalue weighted by Crippen LogP contribution is -2.42. The van der Waals surface area contributed by atoms with Crippen LogP contribution in [0.3, 0.4) is 0 Å². The summed E-state index contributed by atoms with van der Waals surface area (Å²) in [6.07, 6.45) is 2.60. The van der Waals surface area contributed by atoms with Crippen LogP contribution in [0.2, 0.25) is 0 Å². The lowest BCUT2D eigenvalue weighted by atomic mass is 10.1. The van der Waals surface area contributed by atoms with E-state index in [0.717, 1.165) is 19.3 Å². The fraction of sp³-hybridized carbons (Fsp3) is 1.00. The van der Waals surface area contributed by atoms with Crippen molar-refractivity contribution in [3.8, 4) is 0 Å². The van der Waals surface area contributed by atoms with Gasteiger partial charge >= 0.3 is 0 Å². The largest absolute Gasteiger partial charge is 0.378 e. The minimum Gasteiger partial charge on any atom is -0.378 e. The standard InChI is InChI=1S/C13H28N2O4S/c1-12(2)18-10-11-20(16,17)15-7-4-13(5-8-15)19-9-3-6-14/h12-13H,3-11,14H2,1-2H3. The Hall–Kier alpha value is -0.210. The van der Waals surface area contributed by atoms with Gasteiger partial charge in [0.2, 0.25) is 10.0 Å². The summed E-state index contributed by atoms with van der Waals surface area (Å²) in [5.41, 5.74) is 5.41. The fourth-order valence-corrected chi connectivity index (χ4v) is 3.46. The third-order valence-corrected chi connectivity index (χ3v) is 5.12. The van der Waals surface area contributed by atoms with Crippen molar-refractivity contribution in [3.63, 3.8) is 0 Å². The monoisotopic (exact) mass is 308 g/mol. The first kappa shape index (κ1) is 17.8. The van der Waals surface area contributed by atoms with Gasteiger partial charge in [0.1, 0.15) is 0 Å². The number of piperidine rings is 1. The minimum atomic E-state index is -3.19. The van der Waals surface area contributed by atoms with E-state index in [2.05, 4.69) is 0 Å².